The molecular formula is C36H35F4N3. The van der Waals surface area contributed by atoms with Crippen molar-refractivity contribution in [2.45, 2.75) is 48.5 Å². The maximum atomic E-state index is 14.9. The van der Waals surface area contributed by atoms with Crippen LogP contribution in [0.3, 0.4) is 0 Å². The molecule has 3 aromatic carbocycles. The van der Waals surface area contributed by atoms with Gasteiger partial charge in [-0.25, -0.2) is 27.5 Å². The summed E-state index contributed by atoms with van der Waals surface area (Å²) in [7, 11) is 0. The number of nitrogens with zero attached hydrogens (tertiary/aromatic N) is 3. The first-order valence-electron chi connectivity index (χ1n) is 14.1. The quantitative estimate of drug-likeness (QED) is 0.192. The lowest BCUT2D eigenvalue weighted by atomic mass is 10.0. The highest BCUT2D eigenvalue weighted by Crippen LogP contribution is 2.39. The summed E-state index contributed by atoms with van der Waals surface area (Å²) >= 11 is 0. The van der Waals surface area contributed by atoms with Crippen LogP contribution in [0.5, 0.6) is 0 Å². The van der Waals surface area contributed by atoms with E-state index in [-0.39, 0.29) is 11.1 Å². The Hall–Kier alpha value is -4.52. The standard InChI is InChI=1S/C32H25F4N3.C4H10/c1-18-8-5-9-19(2)32(18)39(28-12-6-10-26(37-28)30-20(3)14-22(33)16-24(30)35)29-13-7-11-27(38-29)31-21(4)15-23(34)17-25(31)36;1-4(2)3/h5-17H,1-4H3;4H,1-3H3. The molecule has 2 heterocycles. The molecule has 5 aromatic rings. The van der Waals surface area contributed by atoms with E-state index in [1.165, 1.54) is 12.1 Å². The minimum Gasteiger partial charge on any atom is -0.278 e. The van der Waals surface area contributed by atoms with E-state index in [1.54, 1.807) is 50.2 Å². The largest absolute Gasteiger partial charge is 0.278 e. The molecule has 0 fully saturated rings. The van der Waals surface area contributed by atoms with E-state index in [2.05, 4.69) is 20.8 Å². The van der Waals surface area contributed by atoms with Crippen LogP contribution in [0, 0.1) is 56.9 Å². The van der Waals surface area contributed by atoms with E-state index in [0.717, 1.165) is 34.9 Å². The lowest BCUT2D eigenvalue weighted by molar-refractivity contribution is 0.582. The zero-order valence-electron chi connectivity index (χ0n) is 25.4. The van der Waals surface area contributed by atoms with Gasteiger partial charge in [-0.3, -0.25) is 4.90 Å². The molecule has 0 saturated carbocycles. The average molecular weight is 586 g/mol. The molecule has 7 heteroatoms. The molecule has 0 N–H and O–H groups in total. The van der Waals surface area contributed by atoms with Crippen LogP contribution in [-0.4, -0.2) is 9.97 Å². The van der Waals surface area contributed by atoms with Gasteiger partial charge < -0.3 is 0 Å². The summed E-state index contributed by atoms with van der Waals surface area (Å²) in [5, 5.41) is 0. The number of pyridine rings is 2. The molecule has 0 saturated heterocycles. The highest BCUT2D eigenvalue weighted by molar-refractivity contribution is 5.79. The van der Waals surface area contributed by atoms with E-state index >= 15 is 0 Å². The summed E-state index contributed by atoms with van der Waals surface area (Å²) < 4.78 is 57.4. The number of hydrogen-bond donors (Lipinski definition) is 0. The summed E-state index contributed by atoms with van der Waals surface area (Å²) in [5.41, 5.74) is 4.56. The Kier molecular flexibility index (Phi) is 9.64. The van der Waals surface area contributed by atoms with Crippen molar-refractivity contribution in [3.8, 4) is 22.5 Å². The molecule has 0 aliphatic rings. The maximum Gasteiger partial charge on any atom is 0.139 e. The fourth-order valence-corrected chi connectivity index (χ4v) is 4.93. The van der Waals surface area contributed by atoms with Crippen molar-refractivity contribution in [1.82, 2.24) is 9.97 Å². The Morgan fingerprint density at radius 3 is 1.28 bits per heavy atom. The van der Waals surface area contributed by atoms with E-state index < -0.39 is 23.3 Å². The third-order valence-electron chi connectivity index (χ3n) is 6.61. The smallest absolute Gasteiger partial charge is 0.139 e. The van der Waals surface area contributed by atoms with Gasteiger partial charge >= 0.3 is 0 Å². The number of aromatic nitrogens is 2. The van der Waals surface area contributed by atoms with Gasteiger partial charge in [-0.15, -0.1) is 0 Å². The van der Waals surface area contributed by atoms with Crippen LogP contribution in [0.2, 0.25) is 0 Å². The van der Waals surface area contributed by atoms with Crippen molar-refractivity contribution in [2.24, 2.45) is 5.92 Å². The van der Waals surface area contributed by atoms with E-state index in [1.807, 2.05) is 36.9 Å². The lowest BCUT2D eigenvalue weighted by Gasteiger charge is -2.27. The summed E-state index contributed by atoms with van der Waals surface area (Å²) in [6.07, 6.45) is 0. The van der Waals surface area contributed by atoms with E-state index in [4.69, 9.17) is 9.97 Å². The molecule has 0 atom stereocenters. The van der Waals surface area contributed by atoms with Crippen molar-refractivity contribution in [3.63, 3.8) is 0 Å². The van der Waals surface area contributed by atoms with Gasteiger partial charge in [0, 0.05) is 23.3 Å². The van der Waals surface area contributed by atoms with Gasteiger partial charge in [-0.1, -0.05) is 51.1 Å². The minimum absolute atomic E-state index is 0.199. The molecule has 0 bridgehead atoms. The Balaban J connectivity index is 0.000000996. The van der Waals surface area contributed by atoms with Crippen molar-refractivity contribution in [2.75, 3.05) is 4.90 Å². The van der Waals surface area contributed by atoms with Crippen LogP contribution in [-0.2, 0) is 0 Å². The van der Waals surface area contributed by atoms with Crippen LogP contribution in [0.15, 0.2) is 78.9 Å². The average Bonchev–Trinajstić information content (AvgIpc) is 2.90. The predicted molar refractivity (Wildman–Crippen MR) is 167 cm³/mol. The topological polar surface area (TPSA) is 29.0 Å². The summed E-state index contributed by atoms with van der Waals surface area (Å²) in [6.45, 7) is 13.7. The molecule has 0 amide bonds. The zero-order chi connectivity index (χ0) is 31.4. The monoisotopic (exact) mass is 585 g/mol. The molecule has 0 aliphatic carbocycles. The molecular weight excluding hydrogens is 550 g/mol. The number of rotatable bonds is 5. The Bertz CT molecular complexity index is 1590. The first-order valence-corrected chi connectivity index (χ1v) is 14.1. The third kappa shape index (κ3) is 7.11. The van der Waals surface area contributed by atoms with Gasteiger partial charge in [0.1, 0.15) is 34.9 Å². The van der Waals surface area contributed by atoms with Crippen LogP contribution in [0.4, 0.5) is 34.9 Å². The van der Waals surface area contributed by atoms with Gasteiger partial charge in [-0.2, -0.15) is 0 Å². The number of anilines is 3. The number of benzene rings is 3. The first-order chi connectivity index (χ1) is 20.4. The van der Waals surface area contributed by atoms with Crippen molar-refractivity contribution in [1.29, 1.82) is 0 Å². The fourth-order valence-electron chi connectivity index (χ4n) is 4.93. The summed E-state index contributed by atoms with van der Waals surface area (Å²) in [5.74, 6) is -1.03. The van der Waals surface area contributed by atoms with Crippen LogP contribution < -0.4 is 4.90 Å². The molecule has 5 rings (SSSR count). The van der Waals surface area contributed by atoms with Crippen molar-refractivity contribution >= 4 is 17.3 Å². The second-order valence-electron chi connectivity index (χ2n) is 11.2. The Labute approximate surface area is 250 Å². The van der Waals surface area contributed by atoms with Gasteiger partial charge in [0.05, 0.1) is 17.1 Å². The molecule has 0 aliphatic heterocycles. The highest BCUT2D eigenvalue weighted by atomic mass is 19.1. The normalized spacial score (nSPS) is 10.9. The highest BCUT2D eigenvalue weighted by Gasteiger charge is 2.22. The molecule has 3 nitrogen and oxygen atoms in total. The maximum absolute atomic E-state index is 14.9. The Morgan fingerprint density at radius 1 is 0.535 bits per heavy atom. The zero-order valence-corrected chi connectivity index (χ0v) is 25.4. The number of aryl methyl sites for hydroxylation is 4. The third-order valence-corrected chi connectivity index (χ3v) is 6.61. The second-order valence-corrected chi connectivity index (χ2v) is 11.2. The van der Waals surface area contributed by atoms with Crippen molar-refractivity contribution < 1.29 is 17.6 Å². The van der Waals surface area contributed by atoms with Crippen molar-refractivity contribution in [3.05, 3.63) is 124 Å². The number of halogens is 4. The number of para-hydroxylation sites is 1. The summed E-state index contributed by atoms with van der Waals surface area (Å²) in [6, 6.07) is 20.4. The number of hydrogen-bond acceptors (Lipinski definition) is 3. The van der Waals surface area contributed by atoms with Gasteiger partial charge in [0.25, 0.3) is 0 Å². The van der Waals surface area contributed by atoms with E-state index in [0.29, 0.717) is 34.2 Å². The van der Waals surface area contributed by atoms with E-state index in [9.17, 15) is 17.6 Å². The predicted octanol–water partition coefficient (Wildman–Crippen LogP) is 10.7. The fraction of sp³-hybridized carbons (Fsp3) is 0.222. The van der Waals surface area contributed by atoms with Crippen LogP contribution >= 0.6 is 0 Å². The second kappa shape index (κ2) is 13.2. The van der Waals surface area contributed by atoms with Crippen LogP contribution in [0.25, 0.3) is 22.5 Å². The lowest BCUT2D eigenvalue weighted by Crippen LogP contribution is -2.16. The minimum atomic E-state index is -0.710. The first kappa shape index (κ1) is 31.4. The van der Waals surface area contributed by atoms with Gasteiger partial charge in [-0.05, 0) is 92.3 Å². The Morgan fingerprint density at radius 2 is 0.907 bits per heavy atom. The SMILES string of the molecule is CC(C)C.Cc1cc(F)cc(F)c1-c1cccc(N(c2cccc(-c3c(C)cc(F)cc3F)n2)c2c(C)cccc2C)n1. The van der Waals surface area contributed by atoms with Gasteiger partial charge in [0.15, 0.2) is 0 Å². The summed E-state index contributed by atoms with van der Waals surface area (Å²) in [4.78, 5) is 11.4. The molecule has 0 unspecified atom stereocenters. The molecule has 2 aromatic heterocycles. The van der Waals surface area contributed by atoms with Crippen LogP contribution in [0.1, 0.15) is 43.0 Å². The molecule has 0 spiro atoms. The molecule has 43 heavy (non-hydrogen) atoms. The molecule has 0 radical (unpaired) electrons. The molecule has 222 valence electrons. The van der Waals surface area contributed by atoms with Gasteiger partial charge in [0.2, 0.25) is 0 Å².